The Morgan fingerprint density at radius 2 is 1.80 bits per heavy atom. The molecule has 0 saturated carbocycles. The lowest BCUT2D eigenvalue weighted by Crippen LogP contribution is -2.46. The molecule has 2 heterocycles. The molecule has 1 aliphatic rings. The maximum Gasteiger partial charge on any atom is 0.258 e. The van der Waals surface area contributed by atoms with Crippen molar-refractivity contribution in [2.45, 2.75) is 33.2 Å². The SMILES string of the molecule is CCCN1C(=S)NC(c2ccc(Cl)cc2)C(c2nc(-c3ccc(C)cc3)no2)=C1C. The molecule has 1 N–H and O–H groups in total. The van der Waals surface area contributed by atoms with Gasteiger partial charge in [0.2, 0.25) is 5.82 Å². The highest BCUT2D eigenvalue weighted by atomic mass is 35.5. The number of halogens is 1. The summed E-state index contributed by atoms with van der Waals surface area (Å²) in [4.78, 5) is 6.82. The predicted octanol–water partition coefficient (Wildman–Crippen LogP) is 5.77. The van der Waals surface area contributed by atoms with Crippen LogP contribution in [0.4, 0.5) is 0 Å². The van der Waals surface area contributed by atoms with Crippen molar-refractivity contribution in [2.75, 3.05) is 6.54 Å². The molecule has 1 unspecified atom stereocenters. The fourth-order valence-electron chi connectivity index (χ4n) is 3.61. The van der Waals surface area contributed by atoms with Gasteiger partial charge in [-0.1, -0.05) is 65.6 Å². The number of rotatable bonds is 5. The Balaban J connectivity index is 1.80. The quantitative estimate of drug-likeness (QED) is 0.510. The summed E-state index contributed by atoms with van der Waals surface area (Å²) in [7, 11) is 0. The molecule has 1 aliphatic heterocycles. The molecule has 7 heteroatoms. The van der Waals surface area contributed by atoms with Gasteiger partial charge in [-0.25, -0.2) is 0 Å². The number of nitrogens with zero attached hydrogens (tertiary/aromatic N) is 3. The maximum atomic E-state index is 6.10. The third-order valence-corrected chi connectivity index (χ3v) is 5.80. The molecule has 2 aromatic carbocycles. The fraction of sp³-hybridized carbons (Fsp3) is 0.261. The van der Waals surface area contributed by atoms with Gasteiger partial charge in [0, 0.05) is 22.8 Å². The first kappa shape index (κ1) is 20.6. The topological polar surface area (TPSA) is 54.2 Å². The van der Waals surface area contributed by atoms with E-state index in [4.69, 9.17) is 33.3 Å². The molecule has 0 aliphatic carbocycles. The zero-order valence-electron chi connectivity index (χ0n) is 17.1. The largest absolute Gasteiger partial charge is 0.351 e. The highest BCUT2D eigenvalue weighted by Gasteiger charge is 2.33. The number of nitrogens with one attached hydrogen (secondary N) is 1. The van der Waals surface area contributed by atoms with Gasteiger partial charge in [0.25, 0.3) is 5.89 Å². The number of hydrogen-bond donors (Lipinski definition) is 1. The molecule has 154 valence electrons. The third kappa shape index (κ3) is 3.98. The van der Waals surface area contributed by atoms with Crippen molar-refractivity contribution in [3.8, 4) is 11.4 Å². The molecule has 0 fully saturated rings. The smallest absolute Gasteiger partial charge is 0.258 e. The van der Waals surface area contributed by atoms with Gasteiger partial charge < -0.3 is 14.7 Å². The molecule has 0 amide bonds. The van der Waals surface area contributed by atoms with E-state index in [9.17, 15) is 0 Å². The van der Waals surface area contributed by atoms with E-state index in [2.05, 4.69) is 36.1 Å². The maximum absolute atomic E-state index is 6.10. The molecule has 1 atom stereocenters. The van der Waals surface area contributed by atoms with Crippen molar-refractivity contribution in [3.05, 3.63) is 76.3 Å². The van der Waals surface area contributed by atoms with Gasteiger partial charge in [-0.3, -0.25) is 0 Å². The Kier molecular flexibility index (Phi) is 5.88. The number of allylic oxidation sites excluding steroid dienone is 1. The summed E-state index contributed by atoms with van der Waals surface area (Å²) in [5.74, 6) is 1.05. The van der Waals surface area contributed by atoms with E-state index in [0.717, 1.165) is 35.4 Å². The van der Waals surface area contributed by atoms with Crippen LogP contribution >= 0.6 is 23.8 Å². The van der Waals surface area contributed by atoms with Gasteiger partial charge >= 0.3 is 0 Å². The Morgan fingerprint density at radius 3 is 2.47 bits per heavy atom. The van der Waals surface area contributed by atoms with Crippen molar-refractivity contribution in [2.24, 2.45) is 0 Å². The minimum atomic E-state index is -0.200. The first-order valence-corrected chi connectivity index (χ1v) is 10.7. The minimum absolute atomic E-state index is 0.200. The molecule has 0 radical (unpaired) electrons. The van der Waals surface area contributed by atoms with Crippen LogP contribution in [0.15, 0.2) is 58.8 Å². The Morgan fingerprint density at radius 1 is 1.10 bits per heavy atom. The van der Waals surface area contributed by atoms with Crippen LogP contribution < -0.4 is 5.32 Å². The Hall–Kier alpha value is -2.70. The molecule has 4 rings (SSSR count). The number of aromatic nitrogens is 2. The minimum Gasteiger partial charge on any atom is -0.351 e. The lowest BCUT2D eigenvalue weighted by Gasteiger charge is -2.37. The summed E-state index contributed by atoms with van der Waals surface area (Å²) >= 11 is 11.8. The van der Waals surface area contributed by atoms with E-state index < -0.39 is 0 Å². The van der Waals surface area contributed by atoms with Gasteiger partial charge in [-0.15, -0.1) is 0 Å². The van der Waals surface area contributed by atoms with Gasteiger partial charge in [0.05, 0.1) is 11.6 Å². The van der Waals surface area contributed by atoms with Crippen molar-refractivity contribution in [1.82, 2.24) is 20.4 Å². The van der Waals surface area contributed by atoms with Gasteiger partial charge in [-0.05, 0) is 50.2 Å². The van der Waals surface area contributed by atoms with E-state index in [-0.39, 0.29) is 6.04 Å². The molecular weight excluding hydrogens is 416 g/mol. The second-order valence-corrected chi connectivity index (χ2v) is 8.20. The highest BCUT2D eigenvalue weighted by molar-refractivity contribution is 7.80. The highest BCUT2D eigenvalue weighted by Crippen LogP contribution is 2.37. The molecular formula is C23H23ClN4OS. The van der Waals surface area contributed by atoms with Crippen molar-refractivity contribution >= 4 is 34.5 Å². The number of benzene rings is 2. The molecule has 3 aromatic rings. The molecule has 1 aromatic heterocycles. The summed E-state index contributed by atoms with van der Waals surface area (Å²) in [5, 5.41) is 9.07. The summed E-state index contributed by atoms with van der Waals surface area (Å²) < 4.78 is 5.74. The molecule has 5 nitrogen and oxygen atoms in total. The number of thiocarbonyl (C=S) groups is 1. The summed E-state index contributed by atoms with van der Waals surface area (Å²) in [6.07, 6.45) is 0.969. The summed E-state index contributed by atoms with van der Waals surface area (Å²) in [6.45, 7) is 7.04. The number of aryl methyl sites for hydroxylation is 1. The van der Waals surface area contributed by atoms with Crippen LogP contribution in [0.25, 0.3) is 17.0 Å². The molecule has 0 bridgehead atoms. The zero-order chi connectivity index (χ0) is 21.3. The normalized spacial score (nSPS) is 16.7. The van der Waals surface area contributed by atoms with Crippen LogP contribution in [-0.2, 0) is 0 Å². The second kappa shape index (κ2) is 8.58. The van der Waals surface area contributed by atoms with E-state index in [1.807, 2.05) is 48.5 Å². The van der Waals surface area contributed by atoms with Crippen LogP contribution in [0.1, 0.15) is 43.3 Å². The van der Waals surface area contributed by atoms with E-state index >= 15 is 0 Å². The van der Waals surface area contributed by atoms with Gasteiger partial charge in [0.15, 0.2) is 5.11 Å². The average Bonchev–Trinajstić information content (AvgIpc) is 3.21. The summed E-state index contributed by atoms with van der Waals surface area (Å²) in [5.41, 5.74) is 5.07. The standard InChI is InChI=1S/C23H23ClN4OS/c1-4-13-28-15(3)19(20(25-23(28)30)16-9-11-18(24)12-10-16)22-26-21(27-29-22)17-7-5-14(2)6-8-17/h5-12,20H,4,13H2,1-3H3,(H,25,30). The number of hydrogen-bond acceptors (Lipinski definition) is 4. The van der Waals surface area contributed by atoms with Crippen LogP contribution in [0.2, 0.25) is 5.02 Å². The molecule has 0 saturated heterocycles. The first-order valence-electron chi connectivity index (χ1n) is 9.93. The Labute approximate surface area is 186 Å². The monoisotopic (exact) mass is 438 g/mol. The van der Waals surface area contributed by atoms with Crippen LogP contribution in [0, 0.1) is 6.92 Å². The van der Waals surface area contributed by atoms with E-state index in [1.165, 1.54) is 5.56 Å². The lowest BCUT2D eigenvalue weighted by atomic mass is 9.95. The van der Waals surface area contributed by atoms with Gasteiger partial charge in [-0.2, -0.15) is 4.98 Å². The van der Waals surface area contributed by atoms with Gasteiger partial charge in [0.1, 0.15) is 0 Å². The van der Waals surface area contributed by atoms with Crippen LogP contribution in [-0.4, -0.2) is 26.7 Å². The third-order valence-electron chi connectivity index (χ3n) is 5.21. The van der Waals surface area contributed by atoms with E-state index in [0.29, 0.717) is 21.9 Å². The molecule has 0 spiro atoms. The first-order chi connectivity index (χ1) is 14.5. The van der Waals surface area contributed by atoms with Crippen molar-refractivity contribution in [1.29, 1.82) is 0 Å². The zero-order valence-corrected chi connectivity index (χ0v) is 18.7. The Bertz CT molecular complexity index is 1090. The average molecular weight is 439 g/mol. The lowest BCUT2D eigenvalue weighted by molar-refractivity contribution is 0.396. The predicted molar refractivity (Wildman–Crippen MR) is 124 cm³/mol. The van der Waals surface area contributed by atoms with Crippen LogP contribution in [0.3, 0.4) is 0 Å². The van der Waals surface area contributed by atoms with Crippen molar-refractivity contribution < 1.29 is 4.52 Å². The van der Waals surface area contributed by atoms with Crippen LogP contribution in [0.5, 0.6) is 0 Å². The second-order valence-electron chi connectivity index (χ2n) is 7.37. The van der Waals surface area contributed by atoms with E-state index in [1.54, 1.807) is 0 Å². The summed E-state index contributed by atoms with van der Waals surface area (Å²) in [6, 6.07) is 15.6. The van der Waals surface area contributed by atoms with Crippen molar-refractivity contribution in [3.63, 3.8) is 0 Å². The molecule has 30 heavy (non-hydrogen) atoms. The fourth-order valence-corrected chi connectivity index (χ4v) is 4.08.